The van der Waals surface area contributed by atoms with Crippen LogP contribution in [-0.2, 0) is 16.0 Å². The second kappa shape index (κ2) is 10.9. The van der Waals surface area contributed by atoms with Gasteiger partial charge in [0.2, 0.25) is 5.91 Å². The molecule has 33 heavy (non-hydrogen) atoms. The Balaban J connectivity index is 1.48. The highest BCUT2D eigenvalue weighted by Crippen LogP contribution is 2.29. The molecule has 0 atom stereocenters. The van der Waals surface area contributed by atoms with Crippen LogP contribution >= 0.6 is 0 Å². The van der Waals surface area contributed by atoms with Crippen molar-refractivity contribution in [2.45, 2.75) is 38.3 Å². The first-order valence-electron chi connectivity index (χ1n) is 11.4. The second-order valence-corrected chi connectivity index (χ2v) is 8.67. The number of piperidine rings is 1. The predicted molar refractivity (Wildman–Crippen MR) is 121 cm³/mol. The summed E-state index contributed by atoms with van der Waals surface area (Å²) in [5.74, 6) is -0.103. The molecule has 1 aromatic heterocycles. The van der Waals surface area contributed by atoms with Gasteiger partial charge in [-0.3, -0.25) is 4.79 Å². The number of hydrogen-bond acceptors (Lipinski definition) is 5. The van der Waals surface area contributed by atoms with Gasteiger partial charge in [-0.25, -0.2) is 18.2 Å². The van der Waals surface area contributed by atoms with Crippen molar-refractivity contribution in [3.8, 4) is 0 Å². The maximum absolute atomic E-state index is 13.7. The summed E-state index contributed by atoms with van der Waals surface area (Å²) in [4.78, 5) is 19.3. The quantitative estimate of drug-likeness (QED) is 0.642. The van der Waals surface area contributed by atoms with Crippen LogP contribution in [0, 0.1) is 17.6 Å². The lowest BCUT2D eigenvalue weighted by molar-refractivity contribution is -0.115. The van der Waals surface area contributed by atoms with Gasteiger partial charge in [0.1, 0.15) is 23.6 Å². The number of ether oxygens (including phenoxy) is 1. The highest BCUT2D eigenvalue weighted by atomic mass is 19.1. The zero-order valence-corrected chi connectivity index (χ0v) is 18.5. The molecule has 2 aliphatic heterocycles. The number of hydrogen-bond donors (Lipinski definition) is 2. The first-order valence-corrected chi connectivity index (χ1v) is 11.4. The fourth-order valence-corrected chi connectivity index (χ4v) is 4.24. The summed E-state index contributed by atoms with van der Waals surface area (Å²) in [6.07, 6.45) is 1.79. The van der Waals surface area contributed by atoms with Crippen LogP contribution in [0.3, 0.4) is 0 Å². The van der Waals surface area contributed by atoms with Crippen molar-refractivity contribution in [2.75, 3.05) is 48.4 Å². The molecule has 0 spiro atoms. The van der Waals surface area contributed by atoms with Crippen molar-refractivity contribution >= 4 is 23.2 Å². The number of nitrogens with zero attached hydrogens (tertiary/aromatic N) is 2. The molecule has 2 saturated heterocycles. The first kappa shape index (κ1) is 23.4. The average molecular weight is 463 g/mol. The largest absolute Gasteiger partial charge is 0.381 e. The Morgan fingerprint density at radius 1 is 1.06 bits per heavy atom. The number of rotatable bonds is 7. The summed E-state index contributed by atoms with van der Waals surface area (Å²) in [5.41, 5.74) is 0.735. The van der Waals surface area contributed by atoms with Crippen LogP contribution in [0.4, 0.5) is 30.5 Å². The standard InChI is InChI=1S/C24H29F3N4O2/c25-18-3-7-31(8-4-18)24-21(29-23(32)13-17-11-19(26)14-20(27)12-17)1-2-22(30-24)28-15-16-5-9-33-10-6-16/h1-2,11-12,14,16,18H,3-10,13,15H2,(H,28,30)(H,29,32). The lowest BCUT2D eigenvalue weighted by Gasteiger charge is -2.31. The minimum atomic E-state index is -0.836. The number of amides is 1. The van der Waals surface area contributed by atoms with E-state index < -0.39 is 23.7 Å². The number of alkyl halides is 1. The lowest BCUT2D eigenvalue weighted by Crippen LogP contribution is -2.35. The fourth-order valence-electron chi connectivity index (χ4n) is 4.24. The van der Waals surface area contributed by atoms with Gasteiger partial charge in [0.25, 0.3) is 0 Å². The van der Waals surface area contributed by atoms with Gasteiger partial charge >= 0.3 is 0 Å². The first-order chi connectivity index (χ1) is 16.0. The summed E-state index contributed by atoms with van der Waals surface area (Å²) in [5, 5.41) is 6.19. The van der Waals surface area contributed by atoms with Crippen molar-refractivity contribution in [1.82, 2.24) is 4.98 Å². The molecule has 2 fully saturated rings. The topological polar surface area (TPSA) is 66.5 Å². The third-order valence-corrected chi connectivity index (χ3v) is 6.07. The molecule has 178 valence electrons. The Kier molecular flexibility index (Phi) is 7.69. The summed E-state index contributed by atoms with van der Waals surface area (Å²) >= 11 is 0. The zero-order valence-electron chi connectivity index (χ0n) is 18.5. The third kappa shape index (κ3) is 6.60. The molecule has 1 amide bonds. The van der Waals surface area contributed by atoms with Gasteiger partial charge in [0, 0.05) is 38.9 Å². The van der Waals surface area contributed by atoms with Crippen LogP contribution in [0.5, 0.6) is 0 Å². The van der Waals surface area contributed by atoms with Crippen molar-refractivity contribution in [1.29, 1.82) is 0 Å². The van der Waals surface area contributed by atoms with E-state index in [9.17, 15) is 18.0 Å². The maximum Gasteiger partial charge on any atom is 0.228 e. The zero-order chi connectivity index (χ0) is 23.2. The summed E-state index contributed by atoms with van der Waals surface area (Å²) < 4.78 is 46.0. The number of anilines is 3. The van der Waals surface area contributed by atoms with E-state index in [0.29, 0.717) is 49.2 Å². The minimum absolute atomic E-state index is 0.176. The molecule has 0 radical (unpaired) electrons. The molecule has 4 rings (SSSR count). The van der Waals surface area contributed by atoms with Gasteiger partial charge in [-0.15, -0.1) is 0 Å². The number of pyridine rings is 1. The Labute approximate surface area is 191 Å². The second-order valence-electron chi connectivity index (χ2n) is 8.67. The molecular formula is C24H29F3N4O2. The Hall–Kier alpha value is -2.81. The Morgan fingerprint density at radius 2 is 1.76 bits per heavy atom. The predicted octanol–water partition coefficient (Wildman–Crippen LogP) is 4.32. The van der Waals surface area contributed by atoms with Crippen LogP contribution in [0.25, 0.3) is 0 Å². The molecule has 0 saturated carbocycles. The van der Waals surface area contributed by atoms with E-state index >= 15 is 0 Å². The summed E-state index contributed by atoms with van der Waals surface area (Å²) in [6.45, 7) is 3.30. The van der Waals surface area contributed by atoms with Crippen LogP contribution in [0.15, 0.2) is 30.3 Å². The van der Waals surface area contributed by atoms with Gasteiger partial charge in [-0.05, 0) is 61.4 Å². The molecule has 0 aliphatic carbocycles. The normalized spacial score (nSPS) is 17.7. The molecule has 3 heterocycles. The van der Waals surface area contributed by atoms with Crippen LogP contribution in [0.1, 0.15) is 31.2 Å². The summed E-state index contributed by atoms with van der Waals surface area (Å²) in [7, 11) is 0. The molecule has 2 aromatic rings. The molecule has 1 aromatic carbocycles. The van der Waals surface area contributed by atoms with E-state index in [1.54, 1.807) is 12.1 Å². The van der Waals surface area contributed by atoms with E-state index in [1.165, 1.54) is 0 Å². The molecule has 0 bridgehead atoms. The number of carbonyl (C=O) groups is 1. The van der Waals surface area contributed by atoms with Crippen LogP contribution in [-0.4, -0.2) is 49.9 Å². The van der Waals surface area contributed by atoms with Crippen molar-refractivity contribution in [3.05, 3.63) is 47.5 Å². The number of nitrogens with one attached hydrogen (secondary N) is 2. The number of halogens is 3. The van der Waals surface area contributed by atoms with E-state index in [-0.39, 0.29) is 12.0 Å². The minimum Gasteiger partial charge on any atom is -0.381 e. The van der Waals surface area contributed by atoms with Crippen molar-refractivity contribution < 1.29 is 22.7 Å². The number of benzene rings is 1. The SMILES string of the molecule is O=C(Cc1cc(F)cc(F)c1)Nc1ccc(NCC2CCOCC2)nc1N1CCC(F)CC1. The monoisotopic (exact) mass is 462 g/mol. The highest BCUT2D eigenvalue weighted by molar-refractivity contribution is 5.95. The van der Waals surface area contributed by atoms with Gasteiger partial charge in [-0.2, -0.15) is 0 Å². The summed E-state index contributed by atoms with van der Waals surface area (Å²) in [6, 6.07) is 6.60. The van der Waals surface area contributed by atoms with E-state index in [0.717, 1.165) is 50.8 Å². The third-order valence-electron chi connectivity index (χ3n) is 6.07. The number of aromatic nitrogens is 1. The fraction of sp³-hybridized carbons (Fsp3) is 0.500. The van der Waals surface area contributed by atoms with Gasteiger partial charge in [0.15, 0.2) is 5.82 Å². The molecular weight excluding hydrogens is 433 g/mol. The highest BCUT2D eigenvalue weighted by Gasteiger charge is 2.23. The lowest BCUT2D eigenvalue weighted by atomic mass is 10.0. The molecule has 6 nitrogen and oxygen atoms in total. The maximum atomic E-state index is 13.7. The molecule has 9 heteroatoms. The molecule has 0 unspecified atom stereocenters. The van der Waals surface area contributed by atoms with Gasteiger partial charge < -0.3 is 20.3 Å². The Bertz CT molecular complexity index is 940. The Morgan fingerprint density at radius 3 is 2.45 bits per heavy atom. The van der Waals surface area contributed by atoms with E-state index in [4.69, 9.17) is 9.72 Å². The average Bonchev–Trinajstić information content (AvgIpc) is 2.79. The van der Waals surface area contributed by atoms with Crippen LogP contribution < -0.4 is 15.5 Å². The van der Waals surface area contributed by atoms with Crippen molar-refractivity contribution in [2.24, 2.45) is 5.92 Å². The van der Waals surface area contributed by atoms with Crippen LogP contribution in [0.2, 0.25) is 0 Å². The van der Waals surface area contributed by atoms with Gasteiger partial charge in [0.05, 0.1) is 12.1 Å². The molecule has 2 N–H and O–H groups in total. The number of carbonyl (C=O) groups excluding carboxylic acids is 1. The molecule has 2 aliphatic rings. The van der Waals surface area contributed by atoms with Crippen molar-refractivity contribution in [3.63, 3.8) is 0 Å². The van der Waals surface area contributed by atoms with E-state index in [2.05, 4.69) is 10.6 Å². The van der Waals surface area contributed by atoms with Gasteiger partial charge in [-0.1, -0.05) is 0 Å². The van der Waals surface area contributed by atoms with E-state index in [1.807, 2.05) is 4.90 Å². The smallest absolute Gasteiger partial charge is 0.228 e.